The van der Waals surface area contributed by atoms with E-state index in [0.29, 0.717) is 11.1 Å². The lowest BCUT2D eigenvalue weighted by Gasteiger charge is -2.26. The van der Waals surface area contributed by atoms with Crippen molar-refractivity contribution in [1.29, 1.82) is 5.26 Å². The molecule has 5 saturated heterocycles. The Morgan fingerprint density at radius 2 is 0.806 bits per heavy atom. The molecule has 0 amide bonds. The topological polar surface area (TPSA) is 162 Å². The first kappa shape index (κ1) is 111. The summed E-state index contributed by atoms with van der Waals surface area (Å²) in [5.41, 5.74) is 11.6. The van der Waals surface area contributed by atoms with E-state index in [0.717, 1.165) is 251 Å². The lowest BCUT2D eigenvalue weighted by atomic mass is 10.1. The van der Waals surface area contributed by atoms with Crippen LogP contribution >= 0.6 is 11.6 Å². The molecule has 0 spiro atoms. The maximum Gasteiger partial charge on any atom is 0.419 e. The third-order valence-corrected chi connectivity index (χ3v) is 23.4. The average molecular weight is 1810 g/mol. The van der Waals surface area contributed by atoms with Crippen molar-refractivity contribution in [3.05, 3.63) is 230 Å². The van der Waals surface area contributed by atoms with Crippen molar-refractivity contribution in [2.45, 2.75) is 174 Å². The summed E-state index contributed by atoms with van der Waals surface area (Å²) < 4.78 is 89.6. The molecule has 0 saturated carbocycles. The van der Waals surface area contributed by atoms with E-state index in [1.165, 1.54) is 96.9 Å². The van der Waals surface area contributed by atoms with E-state index in [1.54, 1.807) is 20.1 Å². The number of alkyl halides is 3. The van der Waals surface area contributed by atoms with Crippen molar-refractivity contribution in [1.82, 2.24) is 45.3 Å². The van der Waals surface area contributed by atoms with E-state index in [4.69, 9.17) is 59.5 Å². The molecule has 8 aromatic rings. The summed E-state index contributed by atoms with van der Waals surface area (Å²) in [5.74, 6) is 7.18. The molecule has 3 N–H and O–H groups in total. The molecule has 0 unspecified atom stereocenters. The van der Waals surface area contributed by atoms with Gasteiger partial charge in [0.05, 0.1) is 18.2 Å². The predicted octanol–water partition coefficient (Wildman–Crippen LogP) is 20.6. The number of piperazine rings is 1. The summed E-state index contributed by atoms with van der Waals surface area (Å²) in [6, 6.07) is 52.8. The van der Waals surface area contributed by atoms with Gasteiger partial charge in [0.25, 0.3) is 0 Å². The van der Waals surface area contributed by atoms with Crippen LogP contribution in [0.15, 0.2) is 158 Å². The Balaban J connectivity index is 0.000000261. The molecule has 0 atom stereocenters. The average Bonchev–Trinajstić information content (AvgIpc) is 1.27. The van der Waals surface area contributed by atoms with Gasteiger partial charge in [0, 0.05) is 70.5 Å². The van der Waals surface area contributed by atoms with Gasteiger partial charge in [-0.05, 0) is 349 Å². The quantitative estimate of drug-likeness (QED) is 0.0356. The van der Waals surface area contributed by atoms with Gasteiger partial charge in [-0.1, -0.05) is 124 Å². The van der Waals surface area contributed by atoms with Gasteiger partial charge < -0.3 is 73.3 Å². The van der Waals surface area contributed by atoms with E-state index < -0.39 is 11.7 Å². The normalized spacial score (nSPS) is 14.6. The first-order valence-corrected chi connectivity index (χ1v) is 46.9. The number of benzene rings is 8. The van der Waals surface area contributed by atoms with E-state index >= 15 is 0 Å². The van der Waals surface area contributed by atoms with Crippen LogP contribution in [-0.2, 0) is 6.18 Å². The molecule has 5 heterocycles. The summed E-state index contributed by atoms with van der Waals surface area (Å²) in [7, 11) is 5.76. The zero-order valence-corrected chi connectivity index (χ0v) is 81.2. The second-order valence-corrected chi connectivity index (χ2v) is 33.9. The van der Waals surface area contributed by atoms with Crippen molar-refractivity contribution in [3.63, 3.8) is 0 Å². The Morgan fingerprint density at radius 3 is 1.28 bits per heavy atom. The summed E-state index contributed by atoms with van der Waals surface area (Å²) in [6.45, 7) is 56.9. The first-order valence-electron chi connectivity index (χ1n) is 46.5. The lowest BCUT2D eigenvalue weighted by molar-refractivity contribution is -0.139. The van der Waals surface area contributed by atoms with Crippen LogP contribution in [0.4, 0.5) is 13.2 Å². The van der Waals surface area contributed by atoms with Crippen LogP contribution in [0, 0.1) is 80.6 Å². The number of rotatable bonds is 33. The molecule has 0 radical (unpaired) electrons. The molecule has 13 rings (SSSR count). The molecule has 19 nitrogen and oxygen atoms in total. The van der Waals surface area contributed by atoms with Gasteiger partial charge in [-0.25, -0.2) is 0 Å². The molecule has 0 aromatic heterocycles. The molecular weight excluding hydrogens is 1650 g/mol. The van der Waals surface area contributed by atoms with Gasteiger partial charge in [0.2, 0.25) is 0 Å². The molecular formula is C106H158ClF3N10O9. The van der Waals surface area contributed by atoms with Gasteiger partial charge in [0.1, 0.15) is 98.2 Å². The van der Waals surface area contributed by atoms with Crippen molar-refractivity contribution in [2.75, 3.05) is 205 Å². The molecule has 714 valence electrons. The van der Waals surface area contributed by atoms with Gasteiger partial charge >= 0.3 is 6.18 Å². The van der Waals surface area contributed by atoms with Gasteiger partial charge in [0.15, 0.2) is 11.5 Å². The maximum absolute atomic E-state index is 12.9. The number of nitriles is 1. The smallest absolute Gasteiger partial charge is 0.419 e. The van der Waals surface area contributed by atoms with E-state index in [2.05, 4.69) is 182 Å². The highest BCUT2D eigenvalue weighted by Gasteiger charge is 2.35. The van der Waals surface area contributed by atoms with Crippen LogP contribution in [0.5, 0.6) is 51.7 Å². The van der Waals surface area contributed by atoms with Gasteiger partial charge in [-0.15, -0.1) is 0 Å². The number of nitrogens with one attached hydrogen (secondary N) is 3. The van der Waals surface area contributed by atoms with Crippen molar-refractivity contribution < 1.29 is 55.8 Å². The zero-order valence-electron chi connectivity index (χ0n) is 80.4. The number of hydrogen-bond donors (Lipinski definition) is 3. The number of likely N-dealkylation sites (N-methyl/N-ethyl adjacent to an activating group) is 3. The monoisotopic (exact) mass is 1810 g/mol. The predicted molar refractivity (Wildman–Crippen MR) is 528 cm³/mol. The number of piperidine rings is 2. The summed E-state index contributed by atoms with van der Waals surface area (Å²) in [6.07, 6.45) is 4.61. The summed E-state index contributed by atoms with van der Waals surface area (Å²) >= 11 is 5.95. The molecule has 8 aromatic carbocycles. The fourth-order valence-corrected chi connectivity index (χ4v) is 14.5. The third kappa shape index (κ3) is 45.2. The molecule has 0 bridgehead atoms. The SMILES string of the molecule is C.CCN(CC)CCOc1ccc(C)c(C)c1.CCN(CC)CCOc1ccc(Cl)c(C)c1.COc1ccc(C)cc1OCCN1CCCC1.Cc1ccc(OC2CCNCC2)c(C#N)c1.Cc1ccc(OC2CCNCC2)c(C(F)(F)F)c1.Cc1ccc(OCCN(C)C)cc1.Cc1ccc(OCCN2CCNCC2)cc1.Cc1cccc(OCCN2CCCC2)c1C. The van der Waals surface area contributed by atoms with Crippen LogP contribution in [0.25, 0.3) is 0 Å². The summed E-state index contributed by atoms with van der Waals surface area (Å²) in [5, 5.41) is 19.6. The van der Waals surface area contributed by atoms with E-state index in [9.17, 15) is 13.2 Å². The maximum atomic E-state index is 12.9. The van der Waals surface area contributed by atoms with Crippen LogP contribution in [0.3, 0.4) is 0 Å². The number of nitrogens with zero attached hydrogens (tertiary/aromatic N) is 7. The second kappa shape index (κ2) is 63.3. The highest BCUT2D eigenvalue weighted by Crippen LogP contribution is 2.38. The molecule has 23 heteroatoms. The largest absolute Gasteiger partial charge is 0.493 e. The molecule has 0 aliphatic carbocycles. The van der Waals surface area contributed by atoms with Gasteiger partial charge in [-0.3, -0.25) is 14.7 Å². The highest BCUT2D eigenvalue weighted by molar-refractivity contribution is 6.31. The number of methoxy groups -OCH3 is 1. The number of ether oxygens (including phenoxy) is 9. The van der Waals surface area contributed by atoms with E-state index in [1.807, 2.05) is 113 Å². The molecule has 129 heavy (non-hydrogen) atoms. The second-order valence-electron chi connectivity index (χ2n) is 33.5. The fourth-order valence-electron chi connectivity index (χ4n) is 14.4. The standard InChI is InChI=1S/C14H21NO2.C14H21NO.C14H23NO.C13H20ClNO.C13H16F3NO.C13H20N2O.C13H16N2O.C11H17NO.CH4/c1-12-5-6-13(16-2)14(11-12)17-10-9-15-7-3-4-8-15;1-12-6-5-7-14(13(12)2)16-11-10-15-8-3-4-9-15;1-5-15(6-2)9-10-16-14-8-7-12(3)13(4)11-14;1-4-15(5-2)8-9-16-12-6-7-13(14)11(3)10-12;1-9-2-3-12(11(8-9)13(14,15)16)18-10-4-6-17-7-5-10;1-12-2-4-13(5-3-12)16-11-10-15-8-6-14-7-9-15;1-10-2-3-13(11(8-10)9-14)16-12-4-6-15-7-5-12;1-10-4-6-11(7-5-10)13-9-8-12(2)3;/h5-6,11H,3-4,7-10H2,1-2H3;5-7H,3-4,8-11H2,1-2H3;7-8,11H,5-6,9-10H2,1-4H3;6-7,10H,4-5,8-9H2,1-3H3;2-3,8,10,17H,4-7H2,1H3;2-5,14H,6-11H2,1H3;2-3,8,12,15H,4-7H2,1H3;4-7H,8-9H2,1-3H3;1H4. The Labute approximate surface area is 779 Å². The Hall–Kier alpha value is -8.83. The van der Waals surface area contributed by atoms with Crippen LogP contribution in [0.1, 0.15) is 153 Å². The van der Waals surface area contributed by atoms with Crippen LogP contribution in [-0.4, -0.2) is 246 Å². The minimum absolute atomic E-state index is 0. The Bertz CT molecular complexity index is 4300. The highest BCUT2D eigenvalue weighted by atomic mass is 35.5. The van der Waals surface area contributed by atoms with Crippen molar-refractivity contribution >= 4 is 11.6 Å². The Kier molecular flexibility index (Phi) is 54.3. The van der Waals surface area contributed by atoms with Crippen LogP contribution in [0.2, 0.25) is 5.02 Å². The molecule has 5 fully saturated rings. The number of likely N-dealkylation sites (tertiary alicyclic amines) is 2. The third-order valence-electron chi connectivity index (χ3n) is 22.9. The Morgan fingerprint density at radius 1 is 0.403 bits per heavy atom. The zero-order chi connectivity index (χ0) is 92.9. The minimum Gasteiger partial charge on any atom is -0.493 e. The summed E-state index contributed by atoms with van der Waals surface area (Å²) in [4.78, 5) is 14.2. The molecule has 5 aliphatic heterocycles. The van der Waals surface area contributed by atoms with Gasteiger partial charge in [-0.2, -0.15) is 18.4 Å². The van der Waals surface area contributed by atoms with E-state index in [-0.39, 0.29) is 25.4 Å². The number of aryl methyl sites for hydroxylation is 9. The molecule has 5 aliphatic rings. The fraction of sp³-hybridized carbons (Fsp3) is 0.538. The first-order chi connectivity index (χ1) is 61.7. The van der Waals surface area contributed by atoms with Crippen LogP contribution < -0.4 is 58.6 Å². The van der Waals surface area contributed by atoms with Crippen molar-refractivity contribution in [3.8, 4) is 57.8 Å². The minimum atomic E-state index is -4.37. The lowest BCUT2D eigenvalue weighted by Crippen LogP contribution is -2.44. The van der Waals surface area contributed by atoms with Crippen molar-refractivity contribution in [2.24, 2.45) is 0 Å². The number of hydrogen-bond acceptors (Lipinski definition) is 19. The number of halogens is 4.